The predicted octanol–water partition coefficient (Wildman–Crippen LogP) is 5.56. The molecule has 3 aromatic heterocycles. The topological polar surface area (TPSA) is 144 Å². The van der Waals surface area contributed by atoms with E-state index in [-0.39, 0.29) is 5.56 Å². The number of aromatic amines is 1. The van der Waals surface area contributed by atoms with Gasteiger partial charge in [0.25, 0.3) is 0 Å². The molecule has 5 aromatic rings. The van der Waals surface area contributed by atoms with Crippen molar-refractivity contribution >= 4 is 51.6 Å². The van der Waals surface area contributed by atoms with E-state index >= 15 is 0 Å². The highest BCUT2D eigenvalue weighted by atomic mass is 35.5. The summed E-state index contributed by atoms with van der Waals surface area (Å²) in [6, 6.07) is 21.6. The van der Waals surface area contributed by atoms with Gasteiger partial charge in [0.15, 0.2) is 0 Å². The highest BCUT2D eigenvalue weighted by Gasteiger charge is 2.04. The van der Waals surface area contributed by atoms with E-state index in [1.807, 2.05) is 42.5 Å². The smallest absolute Gasteiger partial charge is 0.337 e. The number of rotatable bonds is 2. The molecular weight excluding hydrogens is 475 g/mol. The summed E-state index contributed by atoms with van der Waals surface area (Å²) in [5, 5.41) is 9.17. The molecular formula is C24H20Cl2N6O2. The summed E-state index contributed by atoms with van der Waals surface area (Å²) in [5.41, 5.74) is 15.1. The third-order valence-corrected chi connectivity index (χ3v) is 4.81. The molecule has 0 aliphatic rings. The van der Waals surface area contributed by atoms with Crippen molar-refractivity contribution in [1.29, 1.82) is 0 Å². The van der Waals surface area contributed by atoms with Crippen LogP contribution in [0.3, 0.4) is 0 Å². The average molecular weight is 495 g/mol. The largest absolute Gasteiger partial charge is 0.478 e. The van der Waals surface area contributed by atoms with Crippen molar-refractivity contribution < 1.29 is 9.90 Å². The lowest BCUT2D eigenvalue weighted by Crippen LogP contribution is -1.95. The van der Waals surface area contributed by atoms with Crippen molar-refractivity contribution in [2.75, 3.05) is 11.5 Å². The molecule has 6 N–H and O–H groups in total. The summed E-state index contributed by atoms with van der Waals surface area (Å²) in [4.78, 5) is 25.6. The minimum absolute atomic E-state index is 0.143. The predicted molar refractivity (Wildman–Crippen MR) is 136 cm³/mol. The Bertz CT molecular complexity index is 1320. The summed E-state index contributed by atoms with van der Waals surface area (Å²) < 4.78 is 0. The van der Waals surface area contributed by atoms with Crippen LogP contribution in [0.25, 0.3) is 22.4 Å². The van der Waals surface area contributed by atoms with E-state index in [1.165, 1.54) is 18.3 Å². The third kappa shape index (κ3) is 6.93. The first-order chi connectivity index (χ1) is 16.3. The first kappa shape index (κ1) is 24.5. The molecule has 10 heteroatoms. The van der Waals surface area contributed by atoms with E-state index in [4.69, 9.17) is 39.8 Å². The molecule has 0 aliphatic carbocycles. The second-order valence-electron chi connectivity index (χ2n) is 6.78. The fourth-order valence-electron chi connectivity index (χ4n) is 2.62. The number of nitrogens with two attached hydrogens (primary N) is 2. The highest BCUT2D eigenvalue weighted by Crippen LogP contribution is 2.20. The zero-order valence-corrected chi connectivity index (χ0v) is 19.2. The van der Waals surface area contributed by atoms with Crippen LogP contribution in [0.2, 0.25) is 10.3 Å². The van der Waals surface area contributed by atoms with E-state index in [1.54, 1.807) is 24.4 Å². The molecule has 0 aliphatic heterocycles. The zero-order valence-electron chi connectivity index (χ0n) is 17.7. The molecule has 34 heavy (non-hydrogen) atoms. The van der Waals surface area contributed by atoms with Gasteiger partial charge < -0.3 is 21.6 Å². The van der Waals surface area contributed by atoms with Crippen LogP contribution in [-0.4, -0.2) is 31.0 Å². The van der Waals surface area contributed by atoms with Gasteiger partial charge in [-0.2, -0.15) is 0 Å². The number of para-hydroxylation sites is 4. The first-order valence-electron chi connectivity index (χ1n) is 9.85. The Morgan fingerprint density at radius 2 is 1.38 bits per heavy atom. The molecule has 3 heterocycles. The fourth-order valence-corrected chi connectivity index (χ4v) is 2.84. The number of nitrogens with one attached hydrogen (secondary N) is 1. The number of imidazole rings is 1. The Balaban J connectivity index is 0.000000155. The number of pyridine rings is 2. The summed E-state index contributed by atoms with van der Waals surface area (Å²) in [6.07, 6.45) is 2.92. The summed E-state index contributed by atoms with van der Waals surface area (Å²) in [6.45, 7) is 0. The lowest BCUT2D eigenvalue weighted by molar-refractivity contribution is 0.0696. The second kappa shape index (κ2) is 11.6. The Morgan fingerprint density at radius 3 is 1.88 bits per heavy atom. The quantitative estimate of drug-likeness (QED) is 0.185. The van der Waals surface area contributed by atoms with Gasteiger partial charge in [-0.1, -0.05) is 47.5 Å². The number of halogens is 2. The number of H-pyrrole nitrogens is 1. The number of aromatic nitrogens is 4. The van der Waals surface area contributed by atoms with Crippen LogP contribution < -0.4 is 11.5 Å². The van der Waals surface area contributed by atoms with Crippen LogP contribution in [0, 0.1) is 0 Å². The number of carbonyl (C=O) groups is 1. The van der Waals surface area contributed by atoms with E-state index in [0.717, 1.165) is 22.4 Å². The molecule has 2 aromatic carbocycles. The maximum atomic E-state index is 10.2. The molecule has 0 fully saturated rings. The van der Waals surface area contributed by atoms with E-state index < -0.39 is 5.97 Å². The molecule has 0 bridgehead atoms. The Hall–Kier alpha value is -4.14. The number of carboxylic acids is 1. The van der Waals surface area contributed by atoms with Gasteiger partial charge in [0.2, 0.25) is 0 Å². The molecule has 172 valence electrons. The van der Waals surface area contributed by atoms with Gasteiger partial charge in [0.1, 0.15) is 16.1 Å². The fraction of sp³-hybridized carbons (Fsp3) is 0. The van der Waals surface area contributed by atoms with Gasteiger partial charge >= 0.3 is 5.97 Å². The van der Waals surface area contributed by atoms with Crippen molar-refractivity contribution in [2.45, 2.75) is 0 Å². The number of hydrogen-bond acceptors (Lipinski definition) is 6. The van der Waals surface area contributed by atoms with Crippen LogP contribution in [-0.2, 0) is 0 Å². The maximum Gasteiger partial charge on any atom is 0.337 e. The Labute approximate surface area is 205 Å². The van der Waals surface area contributed by atoms with Crippen molar-refractivity contribution in [1.82, 2.24) is 19.9 Å². The summed E-state index contributed by atoms with van der Waals surface area (Å²) >= 11 is 11.1. The number of hydrogen-bond donors (Lipinski definition) is 4. The van der Waals surface area contributed by atoms with Crippen molar-refractivity contribution in [3.8, 4) is 11.4 Å². The minimum atomic E-state index is -0.996. The normalized spacial score (nSPS) is 9.94. The van der Waals surface area contributed by atoms with Crippen LogP contribution >= 0.6 is 23.2 Å². The average Bonchev–Trinajstić information content (AvgIpc) is 3.27. The zero-order chi connectivity index (χ0) is 24.5. The number of carboxylic acid groups (broad SMARTS) is 1. The van der Waals surface area contributed by atoms with Crippen molar-refractivity contribution in [3.05, 3.63) is 101 Å². The number of nitrogens with zero attached hydrogens (tertiary/aromatic N) is 3. The molecule has 0 spiro atoms. The monoisotopic (exact) mass is 494 g/mol. The van der Waals surface area contributed by atoms with E-state index in [0.29, 0.717) is 21.7 Å². The first-order valence-corrected chi connectivity index (χ1v) is 10.6. The molecule has 5 rings (SSSR count). The Kier molecular flexibility index (Phi) is 8.39. The second-order valence-corrected chi connectivity index (χ2v) is 7.55. The number of nitrogen functional groups attached to an aromatic ring is 2. The van der Waals surface area contributed by atoms with E-state index in [2.05, 4.69) is 19.9 Å². The van der Waals surface area contributed by atoms with Crippen LogP contribution in [0.15, 0.2) is 85.2 Å². The molecule has 0 amide bonds. The molecule has 0 radical (unpaired) electrons. The molecule has 0 saturated heterocycles. The molecule has 0 unspecified atom stereocenters. The number of aromatic carboxylic acids is 1. The summed E-state index contributed by atoms with van der Waals surface area (Å²) in [5.74, 6) is -0.186. The maximum absolute atomic E-state index is 10.2. The standard InChI is InChI=1S/C12H8ClN3.C6H4ClNO2.C6H8N2/c13-11-6-5-8(7-14-11)12-15-9-3-1-2-4-10(9)16-12;7-5-2-1-4(3-8-5)6(9)10;7-5-3-1-2-4-6(5)8/h1-7H,(H,15,16);1-3H,(H,9,10);1-4H,7-8H2. The third-order valence-electron chi connectivity index (χ3n) is 4.36. The number of anilines is 2. The van der Waals surface area contributed by atoms with Gasteiger partial charge in [-0.25, -0.2) is 19.7 Å². The van der Waals surface area contributed by atoms with Crippen LogP contribution in [0.1, 0.15) is 10.4 Å². The minimum Gasteiger partial charge on any atom is -0.478 e. The number of benzene rings is 2. The van der Waals surface area contributed by atoms with Gasteiger partial charge in [-0.15, -0.1) is 0 Å². The molecule has 8 nitrogen and oxygen atoms in total. The number of fused-ring (bicyclic) bond motifs is 1. The van der Waals surface area contributed by atoms with Crippen LogP contribution in [0.5, 0.6) is 0 Å². The lowest BCUT2D eigenvalue weighted by atomic mass is 10.3. The Morgan fingerprint density at radius 1 is 0.794 bits per heavy atom. The van der Waals surface area contributed by atoms with Crippen LogP contribution in [0.4, 0.5) is 11.4 Å². The molecule has 0 saturated carbocycles. The van der Waals surface area contributed by atoms with Crippen molar-refractivity contribution in [3.63, 3.8) is 0 Å². The van der Waals surface area contributed by atoms with E-state index in [9.17, 15) is 4.79 Å². The lowest BCUT2D eigenvalue weighted by Gasteiger charge is -1.94. The van der Waals surface area contributed by atoms with Gasteiger partial charge in [-0.05, 0) is 48.5 Å². The van der Waals surface area contributed by atoms with Gasteiger partial charge in [0, 0.05) is 18.0 Å². The van der Waals surface area contributed by atoms with Gasteiger partial charge in [-0.3, -0.25) is 0 Å². The summed E-state index contributed by atoms with van der Waals surface area (Å²) in [7, 11) is 0. The highest BCUT2D eigenvalue weighted by molar-refractivity contribution is 6.29. The van der Waals surface area contributed by atoms with Gasteiger partial charge in [0.05, 0.1) is 28.0 Å². The van der Waals surface area contributed by atoms with Crippen molar-refractivity contribution in [2.24, 2.45) is 0 Å². The molecule has 0 atom stereocenters. The SMILES string of the molecule is Clc1ccc(-c2nc3ccccc3[nH]2)cn1.Nc1ccccc1N.O=C(O)c1ccc(Cl)nc1.